The van der Waals surface area contributed by atoms with Gasteiger partial charge in [0.05, 0.1) is 28.5 Å². The van der Waals surface area contributed by atoms with Crippen molar-refractivity contribution >= 4 is 69.4 Å². The molecule has 0 bridgehead atoms. The quantitative estimate of drug-likeness (QED) is 0.246. The van der Waals surface area contributed by atoms with Crippen LogP contribution in [0.1, 0.15) is 23.7 Å². The molecule has 1 heterocycles. The van der Waals surface area contributed by atoms with Crippen molar-refractivity contribution in [2.45, 2.75) is 20.5 Å². The number of hydrogen-bond acceptors (Lipinski definition) is 6. The van der Waals surface area contributed by atoms with E-state index < -0.39 is 5.91 Å². The van der Waals surface area contributed by atoms with Crippen LogP contribution < -0.4 is 20.3 Å². The molecule has 0 radical (unpaired) electrons. The Morgan fingerprint density at radius 2 is 1.80 bits per heavy atom. The summed E-state index contributed by atoms with van der Waals surface area (Å²) in [6, 6.07) is 15.7. The zero-order chi connectivity index (χ0) is 29.5. The predicted octanol–water partition coefficient (Wildman–Crippen LogP) is 5.57. The Bertz CT molecular complexity index is 1640. The number of fused-ring (bicyclic) bond motifs is 1. The molecule has 0 saturated heterocycles. The molecule has 0 spiro atoms. The second-order valence-electron chi connectivity index (χ2n) is 9.09. The monoisotopic (exact) mass is 591 g/mol. The van der Waals surface area contributed by atoms with E-state index in [-0.39, 0.29) is 30.0 Å². The van der Waals surface area contributed by atoms with E-state index in [2.05, 4.69) is 20.6 Å². The summed E-state index contributed by atoms with van der Waals surface area (Å²) in [5.74, 6) is -0.470. The van der Waals surface area contributed by atoms with Gasteiger partial charge in [0.1, 0.15) is 17.9 Å². The lowest BCUT2D eigenvalue weighted by molar-refractivity contribution is -0.122. The number of aryl methyl sites for hydroxylation is 1. The molecule has 0 saturated carbocycles. The van der Waals surface area contributed by atoms with Crippen LogP contribution in [0.25, 0.3) is 17.1 Å². The molecule has 0 fully saturated rings. The zero-order valence-corrected chi connectivity index (χ0v) is 24.1. The highest BCUT2D eigenvalue weighted by Crippen LogP contribution is 2.35. The normalized spacial score (nSPS) is 11.0. The molecule has 9 nitrogen and oxygen atoms in total. The minimum Gasteiger partial charge on any atom is -0.486 e. The number of carbonyl (C=O) groups is 3. The maximum atomic E-state index is 12.9. The molecule has 0 atom stereocenters. The second-order valence-corrected chi connectivity index (χ2v) is 9.88. The summed E-state index contributed by atoms with van der Waals surface area (Å²) < 4.78 is 6.02. The van der Waals surface area contributed by atoms with Gasteiger partial charge in [-0.2, -0.15) is 0 Å². The number of para-hydroxylation sites is 1. The SMILES string of the molecule is CC(=O)Nc1ccc(/C=C/C(=O)NCC(=O)N(C)c2ccc(Cl)c(COc3cccc4ncc(C)nc34)c2Cl)cc1. The number of benzene rings is 3. The van der Waals surface area contributed by atoms with Crippen LogP contribution in [0.5, 0.6) is 5.75 Å². The van der Waals surface area contributed by atoms with Crippen LogP contribution in [0.3, 0.4) is 0 Å². The highest BCUT2D eigenvalue weighted by atomic mass is 35.5. The summed E-state index contributed by atoms with van der Waals surface area (Å²) in [5, 5.41) is 5.88. The van der Waals surface area contributed by atoms with Crippen LogP contribution in [0.2, 0.25) is 10.0 Å². The molecule has 2 N–H and O–H groups in total. The van der Waals surface area contributed by atoms with E-state index in [9.17, 15) is 14.4 Å². The van der Waals surface area contributed by atoms with E-state index in [0.29, 0.717) is 38.7 Å². The number of carbonyl (C=O) groups excluding carboxylic acids is 3. The number of anilines is 2. The fourth-order valence-electron chi connectivity index (χ4n) is 3.87. The van der Waals surface area contributed by atoms with E-state index in [4.69, 9.17) is 27.9 Å². The number of hydrogen-bond donors (Lipinski definition) is 2. The fraction of sp³-hybridized carbons (Fsp3) is 0.167. The van der Waals surface area contributed by atoms with E-state index in [1.807, 2.05) is 19.1 Å². The second kappa shape index (κ2) is 13.3. The van der Waals surface area contributed by atoms with Crippen molar-refractivity contribution in [3.05, 3.63) is 93.7 Å². The Morgan fingerprint density at radius 1 is 1.05 bits per heavy atom. The Morgan fingerprint density at radius 3 is 2.54 bits per heavy atom. The molecule has 4 aromatic rings. The minimum atomic E-state index is -0.442. The highest BCUT2D eigenvalue weighted by Gasteiger charge is 2.19. The first-order valence-electron chi connectivity index (χ1n) is 12.5. The number of nitrogens with zero attached hydrogens (tertiary/aromatic N) is 3. The van der Waals surface area contributed by atoms with Gasteiger partial charge in [0.2, 0.25) is 17.7 Å². The van der Waals surface area contributed by atoms with Crippen LogP contribution in [-0.2, 0) is 21.0 Å². The highest BCUT2D eigenvalue weighted by molar-refractivity contribution is 6.38. The lowest BCUT2D eigenvalue weighted by atomic mass is 10.2. The number of halogens is 2. The Labute approximate surface area is 247 Å². The molecule has 41 heavy (non-hydrogen) atoms. The molecule has 0 unspecified atom stereocenters. The van der Waals surface area contributed by atoms with E-state index in [1.165, 1.54) is 17.9 Å². The molecule has 3 amide bonds. The Kier molecular flexibility index (Phi) is 9.54. The van der Waals surface area contributed by atoms with Crippen molar-refractivity contribution in [1.82, 2.24) is 15.3 Å². The van der Waals surface area contributed by atoms with Crippen LogP contribution in [0, 0.1) is 6.92 Å². The number of amides is 3. The van der Waals surface area contributed by atoms with Crippen molar-refractivity contribution in [2.24, 2.45) is 0 Å². The van der Waals surface area contributed by atoms with Crippen molar-refractivity contribution in [3.8, 4) is 5.75 Å². The smallest absolute Gasteiger partial charge is 0.246 e. The average Bonchev–Trinajstić information content (AvgIpc) is 2.95. The first-order chi connectivity index (χ1) is 19.6. The summed E-state index contributed by atoms with van der Waals surface area (Å²) in [6.07, 6.45) is 4.61. The molecular weight excluding hydrogens is 565 g/mol. The molecule has 1 aromatic heterocycles. The summed E-state index contributed by atoms with van der Waals surface area (Å²) in [5.41, 5.74) is 4.40. The topological polar surface area (TPSA) is 114 Å². The van der Waals surface area contributed by atoms with Crippen molar-refractivity contribution in [1.29, 1.82) is 0 Å². The van der Waals surface area contributed by atoms with Crippen LogP contribution in [-0.4, -0.2) is 41.3 Å². The molecular formula is C30H27Cl2N5O4. The average molecular weight is 592 g/mol. The Hall–Kier alpha value is -4.47. The van der Waals surface area contributed by atoms with Crippen LogP contribution >= 0.6 is 23.2 Å². The van der Waals surface area contributed by atoms with Crippen molar-refractivity contribution in [3.63, 3.8) is 0 Å². The number of rotatable bonds is 9. The zero-order valence-electron chi connectivity index (χ0n) is 22.6. The summed E-state index contributed by atoms with van der Waals surface area (Å²) in [7, 11) is 1.56. The third-order valence-corrected chi connectivity index (χ3v) is 6.78. The first kappa shape index (κ1) is 29.5. The number of likely N-dealkylation sites (N-methyl/N-ethyl adjacent to an activating group) is 1. The fourth-order valence-corrected chi connectivity index (χ4v) is 4.47. The van der Waals surface area contributed by atoms with Gasteiger partial charge in [-0.3, -0.25) is 19.4 Å². The maximum absolute atomic E-state index is 12.9. The number of aromatic nitrogens is 2. The standard InChI is InChI=1S/C30H27Cl2N5O4/c1-18-15-33-24-5-4-6-26(30(24)35-18)41-17-22-23(31)12-13-25(29(22)32)37(3)28(40)16-34-27(39)14-9-20-7-10-21(11-8-20)36-19(2)38/h4-15H,16-17H2,1-3H3,(H,34,39)(H,36,38)/b14-9+. The molecule has 0 aliphatic heterocycles. The summed E-state index contributed by atoms with van der Waals surface area (Å²) >= 11 is 13.1. The Balaban J connectivity index is 1.38. The van der Waals surface area contributed by atoms with Gasteiger partial charge in [-0.1, -0.05) is 41.4 Å². The van der Waals surface area contributed by atoms with Gasteiger partial charge >= 0.3 is 0 Å². The molecule has 4 rings (SSSR count). The van der Waals surface area contributed by atoms with Crippen molar-refractivity contribution in [2.75, 3.05) is 23.8 Å². The third kappa shape index (κ3) is 7.59. The lowest BCUT2D eigenvalue weighted by Crippen LogP contribution is -2.37. The van der Waals surface area contributed by atoms with Crippen LogP contribution in [0.15, 0.2) is 66.9 Å². The molecule has 0 aliphatic rings. The molecule has 0 aliphatic carbocycles. The summed E-state index contributed by atoms with van der Waals surface area (Å²) in [4.78, 5) is 46.5. The predicted molar refractivity (Wildman–Crippen MR) is 161 cm³/mol. The summed E-state index contributed by atoms with van der Waals surface area (Å²) in [6.45, 7) is 3.06. The molecule has 3 aromatic carbocycles. The number of ether oxygens (including phenoxy) is 1. The van der Waals surface area contributed by atoms with Gasteiger partial charge < -0.3 is 20.3 Å². The maximum Gasteiger partial charge on any atom is 0.246 e. The van der Waals surface area contributed by atoms with Crippen molar-refractivity contribution < 1.29 is 19.1 Å². The molecule has 210 valence electrons. The van der Waals surface area contributed by atoms with Gasteiger partial charge in [0.15, 0.2) is 0 Å². The van der Waals surface area contributed by atoms with Gasteiger partial charge in [-0.15, -0.1) is 0 Å². The van der Waals surface area contributed by atoms with Gasteiger partial charge in [0.25, 0.3) is 0 Å². The van der Waals surface area contributed by atoms with Gasteiger partial charge in [0, 0.05) is 42.5 Å². The number of nitrogens with one attached hydrogen (secondary N) is 2. The lowest BCUT2D eigenvalue weighted by Gasteiger charge is -2.21. The minimum absolute atomic E-state index is 0.0373. The van der Waals surface area contributed by atoms with E-state index >= 15 is 0 Å². The van der Waals surface area contributed by atoms with Crippen LogP contribution in [0.4, 0.5) is 11.4 Å². The largest absolute Gasteiger partial charge is 0.486 e. The molecule has 11 heteroatoms. The van der Waals surface area contributed by atoms with E-state index in [1.54, 1.807) is 61.8 Å². The third-order valence-electron chi connectivity index (χ3n) is 6.00. The van der Waals surface area contributed by atoms with E-state index in [0.717, 1.165) is 11.3 Å². The van der Waals surface area contributed by atoms with Gasteiger partial charge in [-0.25, -0.2) is 4.98 Å². The first-order valence-corrected chi connectivity index (χ1v) is 13.3. The van der Waals surface area contributed by atoms with Gasteiger partial charge in [-0.05, 0) is 55.0 Å².